The van der Waals surface area contributed by atoms with E-state index in [1.807, 2.05) is 7.05 Å². The molecule has 0 fully saturated rings. The van der Waals surface area contributed by atoms with E-state index in [-0.39, 0.29) is 5.60 Å². The first-order valence-corrected chi connectivity index (χ1v) is 5.36. The van der Waals surface area contributed by atoms with Gasteiger partial charge >= 0.3 is 0 Å². The smallest absolute Gasteiger partial charge is 0.125 e. The maximum atomic E-state index is 6.04. The molecule has 1 aromatic carbocycles. The van der Waals surface area contributed by atoms with E-state index in [0.717, 1.165) is 12.3 Å². The van der Waals surface area contributed by atoms with Gasteiger partial charge in [0.15, 0.2) is 0 Å². The summed E-state index contributed by atoms with van der Waals surface area (Å²) in [4.78, 5) is 0. The van der Waals surface area contributed by atoms with Gasteiger partial charge in [-0.05, 0) is 45.9 Å². The highest BCUT2D eigenvalue weighted by Crippen LogP contribution is 2.26. The number of para-hydroxylation sites is 1. The van der Waals surface area contributed by atoms with E-state index in [1.54, 1.807) is 0 Å². The van der Waals surface area contributed by atoms with Crippen LogP contribution in [0.4, 0.5) is 0 Å². The molecular weight excluding hydrogens is 186 g/mol. The van der Waals surface area contributed by atoms with Crippen molar-refractivity contribution in [1.29, 1.82) is 0 Å². The molecule has 0 radical (unpaired) electrons. The Morgan fingerprint density at radius 3 is 2.20 bits per heavy atom. The standard InChI is InChI=1S/C13H21NO/c1-10-7-6-8-11(2)12(10)15-13(3,4)9-14-5/h6-8,14H,9H2,1-5H3. The van der Waals surface area contributed by atoms with Crippen LogP contribution in [0.3, 0.4) is 0 Å². The molecule has 1 rings (SSSR count). The summed E-state index contributed by atoms with van der Waals surface area (Å²) in [6, 6.07) is 6.22. The molecule has 1 N–H and O–H groups in total. The van der Waals surface area contributed by atoms with Gasteiger partial charge in [-0.25, -0.2) is 0 Å². The Kier molecular flexibility index (Phi) is 3.75. The van der Waals surface area contributed by atoms with Crippen LogP contribution in [0.25, 0.3) is 0 Å². The lowest BCUT2D eigenvalue weighted by molar-refractivity contribution is 0.108. The van der Waals surface area contributed by atoms with Gasteiger partial charge in [0.2, 0.25) is 0 Å². The molecule has 0 atom stereocenters. The van der Waals surface area contributed by atoms with E-state index < -0.39 is 0 Å². The predicted molar refractivity (Wildman–Crippen MR) is 64.5 cm³/mol. The summed E-state index contributed by atoms with van der Waals surface area (Å²) in [6.45, 7) is 9.18. The Morgan fingerprint density at radius 1 is 1.20 bits per heavy atom. The molecule has 0 saturated carbocycles. The minimum Gasteiger partial charge on any atom is -0.486 e. The highest BCUT2D eigenvalue weighted by Gasteiger charge is 2.20. The Balaban J connectivity index is 2.89. The molecule has 15 heavy (non-hydrogen) atoms. The summed E-state index contributed by atoms with van der Waals surface area (Å²) in [6.07, 6.45) is 0. The molecule has 0 unspecified atom stereocenters. The van der Waals surface area contributed by atoms with Crippen LogP contribution in [0.15, 0.2) is 18.2 Å². The van der Waals surface area contributed by atoms with Crippen LogP contribution >= 0.6 is 0 Å². The van der Waals surface area contributed by atoms with Crippen LogP contribution < -0.4 is 10.1 Å². The number of likely N-dealkylation sites (N-methyl/N-ethyl adjacent to an activating group) is 1. The van der Waals surface area contributed by atoms with Crippen LogP contribution in [0.1, 0.15) is 25.0 Å². The lowest BCUT2D eigenvalue weighted by Crippen LogP contribution is -2.39. The second kappa shape index (κ2) is 4.67. The van der Waals surface area contributed by atoms with Crippen molar-refractivity contribution in [2.45, 2.75) is 33.3 Å². The van der Waals surface area contributed by atoms with Crippen molar-refractivity contribution in [2.24, 2.45) is 0 Å². The third-order valence-electron chi connectivity index (χ3n) is 2.39. The number of nitrogens with one attached hydrogen (secondary N) is 1. The van der Waals surface area contributed by atoms with Gasteiger partial charge in [0.25, 0.3) is 0 Å². The van der Waals surface area contributed by atoms with Gasteiger partial charge in [0, 0.05) is 6.54 Å². The van der Waals surface area contributed by atoms with Crippen molar-refractivity contribution < 1.29 is 4.74 Å². The molecule has 0 saturated heterocycles. The Hall–Kier alpha value is -1.02. The van der Waals surface area contributed by atoms with E-state index in [2.05, 4.69) is 51.2 Å². The number of ether oxygens (including phenoxy) is 1. The lowest BCUT2D eigenvalue weighted by atomic mass is 10.1. The average Bonchev–Trinajstić information content (AvgIpc) is 2.11. The first-order chi connectivity index (χ1) is 6.96. The number of benzene rings is 1. The zero-order chi connectivity index (χ0) is 11.5. The fourth-order valence-electron chi connectivity index (χ4n) is 1.70. The van der Waals surface area contributed by atoms with Gasteiger partial charge in [-0.1, -0.05) is 18.2 Å². The normalized spacial score (nSPS) is 11.5. The summed E-state index contributed by atoms with van der Waals surface area (Å²) in [7, 11) is 1.94. The molecule has 0 aliphatic heterocycles. The molecule has 0 aliphatic rings. The van der Waals surface area contributed by atoms with Crippen molar-refractivity contribution in [3.63, 3.8) is 0 Å². The average molecular weight is 207 g/mol. The summed E-state index contributed by atoms with van der Waals surface area (Å²) >= 11 is 0. The molecule has 2 nitrogen and oxygen atoms in total. The largest absolute Gasteiger partial charge is 0.486 e. The lowest BCUT2D eigenvalue weighted by Gasteiger charge is -2.28. The zero-order valence-electron chi connectivity index (χ0n) is 10.3. The van der Waals surface area contributed by atoms with Gasteiger partial charge in [-0.3, -0.25) is 0 Å². The van der Waals surface area contributed by atoms with Crippen LogP contribution in [0, 0.1) is 13.8 Å². The van der Waals surface area contributed by atoms with Gasteiger partial charge < -0.3 is 10.1 Å². The second-order valence-electron chi connectivity index (χ2n) is 4.61. The summed E-state index contributed by atoms with van der Waals surface area (Å²) in [5.41, 5.74) is 2.21. The summed E-state index contributed by atoms with van der Waals surface area (Å²) in [5, 5.41) is 3.14. The van der Waals surface area contributed by atoms with Crippen LogP contribution in [0.2, 0.25) is 0 Å². The molecule has 0 amide bonds. The maximum Gasteiger partial charge on any atom is 0.125 e. The van der Waals surface area contributed by atoms with Gasteiger partial charge in [0.05, 0.1) is 0 Å². The fourth-order valence-corrected chi connectivity index (χ4v) is 1.70. The van der Waals surface area contributed by atoms with Gasteiger partial charge in [-0.15, -0.1) is 0 Å². The van der Waals surface area contributed by atoms with Crippen molar-refractivity contribution in [2.75, 3.05) is 13.6 Å². The highest BCUT2D eigenvalue weighted by molar-refractivity contribution is 5.40. The summed E-state index contributed by atoms with van der Waals surface area (Å²) in [5.74, 6) is 1.01. The number of aryl methyl sites for hydroxylation is 2. The van der Waals surface area contributed by atoms with Crippen LogP contribution in [-0.2, 0) is 0 Å². The number of hydrogen-bond acceptors (Lipinski definition) is 2. The molecule has 1 aromatic rings. The van der Waals surface area contributed by atoms with Crippen molar-refractivity contribution in [1.82, 2.24) is 5.32 Å². The van der Waals surface area contributed by atoms with E-state index in [1.165, 1.54) is 11.1 Å². The van der Waals surface area contributed by atoms with E-state index in [9.17, 15) is 0 Å². The van der Waals surface area contributed by atoms with E-state index in [0.29, 0.717) is 0 Å². The third-order valence-corrected chi connectivity index (χ3v) is 2.39. The Labute approximate surface area is 92.6 Å². The minimum absolute atomic E-state index is 0.175. The summed E-state index contributed by atoms with van der Waals surface area (Å²) < 4.78 is 6.04. The van der Waals surface area contributed by atoms with E-state index in [4.69, 9.17) is 4.74 Å². The monoisotopic (exact) mass is 207 g/mol. The molecule has 0 aliphatic carbocycles. The topological polar surface area (TPSA) is 21.3 Å². The zero-order valence-corrected chi connectivity index (χ0v) is 10.3. The first-order valence-electron chi connectivity index (χ1n) is 5.36. The number of rotatable bonds is 4. The van der Waals surface area contributed by atoms with Gasteiger partial charge in [0.1, 0.15) is 11.4 Å². The quantitative estimate of drug-likeness (QED) is 0.819. The number of hydrogen-bond donors (Lipinski definition) is 1. The highest BCUT2D eigenvalue weighted by atomic mass is 16.5. The molecule has 0 heterocycles. The molecule has 84 valence electrons. The Bertz CT molecular complexity index is 311. The first kappa shape index (κ1) is 12.1. The van der Waals surface area contributed by atoms with Crippen LogP contribution in [-0.4, -0.2) is 19.2 Å². The Morgan fingerprint density at radius 2 is 1.73 bits per heavy atom. The second-order valence-corrected chi connectivity index (χ2v) is 4.61. The molecule has 0 aromatic heterocycles. The van der Waals surface area contributed by atoms with Crippen molar-refractivity contribution in [3.8, 4) is 5.75 Å². The maximum absolute atomic E-state index is 6.04. The minimum atomic E-state index is -0.175. The van der Waals surface area contributed by atoms with Gasteiger partial charge in [-0.2, -0.15) is 0 Å². The van der Waals surface area contributed by atoms with E-state index >= 15 is 0 Å². The SMILES string of the molecule is CNCC(C)(C)Oc1c(C)cccc1C. The third kappa shape index (κ3) is 3.24. The molecular formula is C13H21NO. The molecule has 0 bridgehead atoms. The molecule has 2 heteroatoms. The fraction of sp³-hybridized carbons (Fsp3) is 0.538. The van der Waals surface area contributed by atoms with Crippen molar-refractivity contribution >= 4 is 0 Å². The van der Waals surface area contributed by atoms with Crippen LogP contribution in [0.5, 0.6) is 5.75 Å². The predicted octanol–water partition coefficient (Wildman–Crippen LogP) is 2.68. The van der Waals surface area contributed by atoms with Crippen molar-refractivity contribution in [3.05, 3.63) is 29.3 Å². The molecule has 0 spiro atoms.